The summed E-state index contributed by atoms with van der Waals surface area (Å²) in [5, 5.41) is 9.13. The van der Waals surface area contributed by atoms with Gasteiger partial charge in [-0.05, 0) is 44.0 Å². The van der Waals surface area contributed by atoms with Crippen LogP contribution in [0, 0.1) is 20.8 Å². The van der Waals surface area contributed by atoms with Gasteiger partial charge in [-0.3, -0.25) is 4.98 Å². The summed E-state index contributed by atoms with van der Waals surface area (Å²) in [5.41, 5.74) is 9.59. The topological polar surface area (TPSA) is 89.1 Å². The van der Waals surface area contributed by atoms with Crippen molar-refractivity contribution < 1.29 is 9.90 Å². The third-order valence-electron chi connectivity index (χ3n) is 3.02. The smallest absolute Gasteiger partial charge is 0.337 e. The third-order valence-corrected chi connectivity index (χ3v) is 3.02. The molecule has 0 amide bonds. The van der Waals surface area contributed by atoms with Crippen LogP contribution in [0.1, 0.15) is 27.2 Å². The van der Waals surface area contributed by atoms with Crippen molar-refractivity contribution in [3.63, 3.8) is 0 Å². The summed E-state index contributed by atoms with van der Waals surface area (Å²) >= 11 is 0. The number of carboxylic acid groups (broad SMARTS) is 1. The van der Waals surface area contributed by atoms with Gasteiger partial charge in [0.25, 0.3) is 0 Å². The summed E-state index contributed by atoms with van der Waals surface area (Å²) in [7, 11) is 0. The van der Waals surface area contributed by atoms with Crippen LogP contribution in [0.3, 0.4) is 0 Å². The highest BCUT2D eigenvalue weighted by molar-refractivity contribution is 5.91. The number of nitrogens with zero attached hydrogens (tertiary/aromatic N) is 2. The molecule has 0 spiro atoms. The van der Waals surface area contributed by atoms with E-state index in [1.165, 1.54) is 0 Å². The molecule has 0 radical (unpaired) electrons. The molecule has 0 aliphatic rings. The number of carbonyl (C=O) groups is 1. The summed E-state index contributed by atoms with van der Waals surface area (Å²) in [4.78, 5) is 19.5. The highest BCUT2D eigenvalue weighted by Gasteiger charge is 2.15. The first-order valence-corrected chi connectivity index (χ1v) is 5.84. The molecule has 2 rings (SSSR count). The number of hydrogen-bond donors (Lipinski definition) is 2. The minimum atomic E-state index is -0.957. The molecule has 19 heavy (non-hydrogen) atoms. The monoisotopic (exact) mass is 257 g/mol. The van der Waals surface area contributed by atoms with Crippen molar-refractivity contribution in [3.05, 3.63) is 40.7 Å². The van der Waals surface area contributed by atoms with Crippen LogP contribution in [0.4, 0.5) is 5.82 Å². The fourth-order valence-electron chi connectivity index (χ4n) is 2.14. The van der Waals surface area contributed by atoms with Gasteiger partial charge in [0.15, 0.2) is 0 Å². The Morgan fingerprint density at radius 2 is 1.89 bits per heavy atom. The van der Waals surface area contributed by atoms with Crippen molar-refractivity contribution in [2.45, 2.75) is 20.8 Å². The highest BCUT2D eigenvalue weighted by atomic mass is 16.4. The lowest BCUT2D eigenvalue weighted by atomic mass is 10.0. The van der Waals surface area contributed by atoms with Crippen LogP contribution in [0.2, 0.25) is 0 Å². The van der Waals surface area contributed by atoms with Gasteiger partial charge >= 0.3 is 5.97 Å². The molecule has 5 heteroatoms. The van der Waals surface area contributed by atoms with Gasteiger partial charge < -0.3 is 10.8 Å². The molecule has 0 atom stereocenters. The summed E-state index contributed by atoms with van der Waals surface area (Å²) in [6.07, 6.45) is 1.66. The molecule has 0 aliphatic carbocycles. The number of pyridine rings is 2. The fraction of sp³-hybridized carbons (Fsp3) is 0.214. The van der Waals surface area contributed by atoms with E-state index >= 15 is 0 Å². The SMILES string of the molecule is Cc1cc(N)ncc1-c1cc(C)c(C(=O)O)c(C)n1. The second-order valence-corrected chi connectivity index (χ2v) is 4.51. The second-order valence-electron chi connectivity index (χ2n) is 4.51. The molecule has 2 heterocycles. The zero-order valence-electron chi connectivity index (χ0n) is 11.1. The van der Waals surface area contributed by atoms with Gasteiger partial charge in [-0.1, -0.05) is 0 Å². The predicted octanol–water partition coefficient (Wildman–Crippen LogP) is 2.35. The zero-order chi connectivity index (χ0) is 14.2. The van der Waals surface area contributed by atoms with E-state index in [4.69, 9.17) is 10.8 Å². The minimum Gasteiger partial charge on any atom is -0.478 e. The molecule has 5 nitrogen and oxygen atoms in total. The summed E-state index contributed by atoms with van der Waals surface area (Å²) in [6, 6.07) is 3.53. The summed E-state index contributed by atoms with van der Waals surface area (Å²) in [6.45, 7) is 5.38. The van der Waals surface area contributed by atoms with E-state index in [0.29, 0.717) is 22.8 Å². The highest BCUT2D eigenvalue weighted by Crippen LogP contribution is 2.25. The number of anilines is 1. The van der Waals surface area contributed by atoms with E-state index in [-0.39, 0.29) is 5.56 Å². The number of rotatable bonds is 2. The first-order chi connectivity index (χ1) is 8.90. The second kappa shape index (κ2) is 4.68. The maximum absolute atomic E-state index is 11.1. The molecule has 0 saturated heterocycles. The lowest BCUT2D eigenvalue weighted by molar-refractivity contribution is 0.0695. The maximum atomic E-state index is 11.1. The number of hydrogen-bond acceptors (Lipinski definition) is 4. The molecule has 2 aromatic heterocycles. The van der Waals surface area contributed by atoms with E-state index in [1.807, 2.05) is 6.92 Å². The van der Waals surface area contributed by atoms with Gasteiger partial charge in [0, 0.05) is 11.8 Å². The lowest BCUT2D eigenvalue weighted by Gasteiger charge is -2.10. The van der Waals surface area contributed by atoms with E-state index in [2.05, 4.69) is 9.97 Å². The average Bonchev–Trinajstić information content (AvgIpc) is 2.26. The van der Waals surface area contributed by atoms with E-state index < -0.39 is 5.97 Å². The van der Waals surface area contributed by atoms with Gasteiger partial charge in [-0.2, -0.15) is 0 Å². The average molecular weight is 257 g/mol. The first-order valence-electron chi connectivity index (χ1n) is 5.84. The summed E-state index contributed by atoms with van der Waals surface area (Å²) < 4.78 is 0. The van der Waals surface area contributed by atoms with Crippen LogP contribution in [0.15, 0.2) is 18.3 Å². The zero-order valence-corrected chi connectivity index (χ0v) is 11.1. The normalized spacial score (nSPS) is 10.5. The van der Waals surface area contributed by atoms with Gasteiger partial charge in [-0.25, -0.2) is 9.78 Å². The number of aryl methyl sites for hydroxylation is 3. The molecule has 98 valence electrons. The molecule has 0 bridgehead atoms. The van der Waals surface area contributed by atoms with E-state index in [0.717, 1.165) is 11.1 Å². The van der Waals surface area contributed by atoms with E-state index in [9.17, 15) is 4.79 Å². The number of aromatic nitrogens is 2. The maximum Gasteiger partial charge on any atom is 0.337 e. The molecule has 0 aliphatic heterocycles. The third kappa shape index (κ3) is 2.40. The van der Waals surface area contributed by atoms with Crippen LogP contribution >= 0.6 is 0 Å². The Morgan fingerprint density at radius 1 is 1.21 bits per heavy atom. The van der Waals surface area contributed by atoms with Crippen molar-refractivity contribution in [2.75, 3.05) is 5.73 Å². The van der Waals surface area contributed by atoms with Gasteiger partial charge in [0.1, 0.15) is 5.82 Å². The Morgan fingerprint density at radius 3 is 2.42 bits per heavy atom. The van der Waals surface area contributed by atoms with Crippen LogP contribution < -0.4 is 5.73 Å². The predicted molar refractivity (Wildman–Crippen MR) is 73.1 cm³/mol. The molecule has 0 saturated carbocycles. The number of aromatic carboxylic acids is 1. The fourth-order valence-corrected chi connectivity index (χ4v) is 2.14. The number of nitrogens with two attached hydrogens (primary N) is 1. The molecule has 3 N–H and O–H groups in total. The molecular formula is C14H15N3O2. The molecule has 2 aromatic rings. The van der Waals surface area contributed by atoms with Crippen LogP contribution in [0.5, 0.6) is 0 Å². The Balaban J connectivity index is 2.61. The molecular weight excluding hydrogens is 242 g/mol. The standard InChI is InChI=1S/C14H15N3O2/c1-7-5-12(15)16-6-10(7)11-4-8(2)13(14(18)19)9(3)17-11/h4-6H,1-3H3,(H2,15,16)(H,18,19). The van der Waals surface area contributed by atoms with Crippen molar-refractivity contribution in [1.82, 2.24) is 9.97 Å². The number of nitrogen functional groups attached to an aromatic ring is 1. The Bertz CT molecular complexity index is 643. The van der Waals surface area contributed by atoms with Crippen LogP contribution in [-0.4, -0.2) is 21.0 Å². The van der Waals surface area contributed by atoms with Crippen LogP contribution in [-0.2, 0) is 0 Å². The molecule has 0 unspecified atom stereocenters. The largest absolute Gasteiger partial charge is 0.478 e. The van der Waals surface area contributed by atoms with Crippen molar-refractivity contribution in [2.24, 2.45) is 0 Å². The summed E-state index contributed by atoms with van der Waals surface area (Å²) in [5.74, 6) is -0.502. The van der Waals surface area contributed by atoms with Gasteiger partial charge in [-0.15, -0.1) is 0 Å². The van der Waals surface area contributed by atoms with Crippen LogP contribution in [0.25, 0.3) is 11.3 Å². The van der Waals surface area contributed by atoms with Gasteiger partial charge in [0.05, 0.1) is 17.0 Å². The van der Waals surface area contributed by atoms with E-state index in [1.54, 1.807) is 32.2 Å². The molecule has 0 fully saturated rings. The van der Waals surface area contributed by atoms with Gasteiger partial charge in [0.2, 0.25) is 0 Å². The molecule has 0 aromatic carbocycles. The number of carboxylic acids is 1. The Kier molecular flexibility index (Phi) is 3.21. The van der Waals surface area contributed by atoms with Crippen molar-refractivity contribution in [1.29, 1.82) is 0 Å². The quantitative estimate of drug-likeness (QED) is 0.862. The lowest BCUT2D eigenvalue weighted by Crippen LogP contribution is -2.06. The Labute approximate surface area is 111 Å². The van der Waals surface area contributed by atoms with Crippen molar-refractivity contribution >= 4 is 11.8 Å². The van der Waals surface area contributed by atoms with Crippen molar-refractivity contribution in [3.8, 4) is 11.3 Å². The Hall–Kier alpha value is -2.43. The minimum absolute atomic E-state index is 0.254. The first kappa shape index (κ1) is 13.0.